The highest BCUT2D eigenvalue weighted by atomic mass is 32.1. The van der Waals surface area contributed by atoms with E-state index >= 15 is 0 Å². The predicted molar refractivity (Wildman–Crippen MR) is 82.3 cm³/mol. The third-order valence-electron chi connectivity index (χ3n) is 3.12. The number of nitrogens with one attached hydrogen (secondary N) is 2. The van der Waals surface area contributed by atoms with E-state index in [0.29, 0.717) is 10.6 Å². The Morgan fingerprint density at radius 3 is 2.55 bits per heavy atom. The number of hydrogen-bond acceptors (Lipinski definition) is 3. The molecule has 0 spiro atoms. The van der Waals surface area contributed by atoms with Gasteiger partial charge in [0.2, 0.25) is 0 Å². The summed E-state index contributed by atoms with van der Waals surface area (Å²) in [6.07, 6.45) is 0. The lowest BCUT2D eigenvalue weighted by Crippen LogP contribution is -2.19. The molecule has 1 aromatic heterocycles. The predicted octanol–water partition coefficient (Wildman–Crippen LogP) is 4.19. The van der Waals surface area contributed by atoms with Gasteiger partial charge in [0, 0.05) is 10.6 Å². The number of benzene rings is 1. The van der Waals surface area contributed by atoms with Crippen LogP contribution in [0, 0.1) is 32.1 Å². The number of anilines is 2. The van der Waals surface area contributed by atoms with Crippen LogP contribution in [0.15, 0.2) is 24.3 Å². The third-order valence-corrected chi connectivity index (χ3v) is 4.24. The Morgan fingerprint density at radius 1 is 1.20 bits per heavy atom. The number of nitriles is 1. The van der Waals surface area contributed by atoms with E-state index in [1.165, 1.54) is 11.3 Å². The van der Waals surface area contributed by atoms with Crippen molar-refractivity contribution in [1.82, 2.24) is 0 Å². The molecule has 20 heavy (non-hydrogen) atoms. The summed E-state index contributed by atoms with van der Waals surface area (Å²) in [5.41, 5.74) is 3.20. The topological polar surface area (TPSA) is 64.9 Å². The maximum Gasteiger partial charge on any atom is 0.324 e. The molecule has 0 aliphatic rings. The number of carbonyl (C=O) groups is 1. The zero-order valence-electron chi connectivity index (χ0n) is 11.6. The summed E-state index contributed by atoms with van der Waals surface area (Å²) in [6, 6.07) is 9.34. The lowest BCUT2D eigenvalue weighted by Gasteiger charge is -2.08. The molecule has 0 saturated carbocycles. The lowest BCUT2D eigenvalue weighted by atomic mass is 10.2. The van der Waals surface area contributed by atoms with Crippen LogP contribution >= 0.6 is 11.3 Å². The fourth-order valence-corrected chi connectivity index (χ4v) is 2.83. The number of nitrogens with zero attached hydrogens (tertiary/aromatic N) is 1. The first-order chi connectivity index (χ1) is 9.52. The van der Waals surface area contributed by atoms with E-state index in [1.54, 1.807) is 0 Å². The zero-order valence-corrected chi connectivity index (χ0v) is 12.4. The van der Waals surface area contributed by atoms with Crippen LogP contribution in [0.25, 0.3) is 0 Å². The van der Waals surface area contributed by atoms with E-state index in [0.717, 1.165) is 21.7 Å². The second kappa shape index (κ2) is 5.76. The molecule has 1 aromatic carbocycles. The number of amides is 2. The van der Waals surface area contributed by atoms with Crippen molar-refractivity contribution in [3.8, 4) is 6.07 Å². The first-order valence-corrected chi connectivity index (χ1v) is 6.98. The monoisotopic (exact) mass is 285 g/mol. The highest BCUT2D eigenvalue weighted by molar-refractivity contribution is 7.16. The zero-order chi connectivity index (χ0) is 14.7. The van der Waals surface area contributed by atoms with Gasteiger partial charge in [-0.25, -0.2) is 4.79 Å². The third kappa shape index (κ3) is 2.81. The van der Waals surface area contributed by atoms with Crippen molar-refractivity contribution in [2.75, 3.05) is 10.6 Å². The number of hydrogen-bond donors (Lipinski definition) is 2. The second-order valence-corrected chi connectivity index (χ2v) is 5.72. The summed E-state index contributed by atoms with van der Waals surface area (Å²) in [5.74, 6) is 0. The molecule has 0 saturated heterocycles. The molecule has 0 aliphatic heterocycles. The highest BCUT2D eigenvalue weighted by Crippen LogP contribution is 2.31. The van der Waals surface area contributed by atoms with Gasteiger partial charge < -0.3 is 5.32 Å². The molecule has 0 unspecified atom stereocenters. The molecule has 2 aromatic rings. The van der Waals surface area contributed by atoms with Crippen molar-refractivity contribution in [2.24, 2.45) is 0 Å². The van der Waals surface area contributed by atoms with Gasteiger partial charge in [-0.05, 0) is 38.0 Å². The van der Waals surface area contributed by atoms with Gasteiger partial charge in [0.1, 0.15) is 11.1 Å². The fraction of sp³-hybridized carbons (Fsp3) is 0.200. The Hall–Kier alpha value is -2.32. The summed E-state index contributed by atoms with van der Waals surface area (Å²) in [6.45, 7) is 5.75. The SMILES string of the molecule is Cc1ccccc1NC(=O)Nc1sc(C)c(C)c1C#N. The van der Waals surface area contributed by atoms with Crippen LogP contribution in [0.5, 0.6) is 0 Å². The van der Waals surface area contributed by atoms with Crippen LogP contribution in [0.2, 0.25) is 0 Å². The Balaban J connectivity index is 2.16. The molecule has 5 heteroatoms. The van der Waals surface area contributed by atoms with Crippen molar-refractivity contribution in [3.05, 3.63) is 45.8 Å². The van der Waals surface area contributed by atoms with Crippen LogP contribution < -0.4 is 10.6 Å². The van der Waals surface area contributed by atoms with E-state index in [1.807, 2.05) is 45.0 Å². The van der Waals surface area contributed by atoms with Crippen molar-refractivity contribution < 1.29 is 4.79 Å². The molecule has 0 fully saturated rings. The minimum Gasteiger partial charge on any atom is -0.307 e. The van der Waals surface area contributed by atoms with E-state index in [-0.39, 0.29) is 6.03 Å². The van der Waals surface area contributed by atoms with Gasteiger partial charge in [-0.1, -0.05) is 18.2 Å². The van der Waals surface area contributed by atoms with Crippen molar-refractivity contribution in [1.29, 1.82) is 5.26 Å². The summed E-state index contributed by atoms with van der Waals surface area (Å²) in [5, 5.41) is 15.3. The number of urea groups is 1. The molecule has 102 valence electrons. The Labute approximate surface area is 122 Å². The molecule has 0 radical (unpaired) electrons. The molecule has 0 aliphatic carbocycles. The molecule has 1 heterocycles. The van der Waals surface area contributed by atoms with E-state index in [2.05, 4.69) is 16.7 Å². The summed E-state index contributed by atoms with van der Waals surface area (Å²) < 4.78 is 0. The van der Waals surface area contributed by atoms with Gasteiger partial charge in [0.15, 0.2) is 0 Å². The molecular weight excluding hydrogens is 270 g/mol. The molecule has 0 atom stereocenters. The van der Waals surface area contributed by atoms with E-state index in [9.17, 15) is 4.79 Å². The molecular formula is C15H15N3OS. The Bertz CT molecular complexity index is 698. The first-order valence-electron chi connectivity index (χ1n) is 6.16. The first kappa shape index (κ1) is 14.1. The van der Waals surface area contributed by atoms with Crippen LogP contribution in [0.1, 0.15) is 21.6 Å². The normalized spacial score (nSPS) is 9.90. The molecule has 2 amide bonds. The second-order valence-electron chi connectivity index (χ2n) is 4.49. The van der Waals surface area contributed by atoms with Crippen LogP contribution in [0.4, 0.5) is 15.5 Å². The van der Waals surface area contributed by atoms with Crippen molar-refractivity contribution >= 4 is 28.1 Å². The van der Waals surface area contributed by atoms with Crippen LogP contribution in [0.3, 0.4) is 0 Å². The minimum atomic E-state index is -0.336. The average Bonchev–Trinajstić information content (AvgIpc) is 2.67. The maximum atomic E-state index is 12.0. The van der Waals surface area contributed by atoms with Crippen LogP contribution in [-0.2, 0) is 0 Å². The van der Waals surface area contributed by atoms with Gasteiger partial charge in [-0.15, -0.1) is 11.3 Å². The van der Waals surface area contributed by atoms with Crippen molar-refractivity contribution in [3.63, 3.8) is 0 Å². The summed E-state index contributed by atoms with van der Waals surface area (Å²) >= 11 is 1.41. The number of aryl methyl sites for hydroxylation is 2. The van der Waals surface area contributed by atoms with E-state index < -0.39 is 0 Å². The number of para-hydroxylation sites is 1. The average molecular weight is 285 g/mol. The van der Waals surface area contributed by atoms with Gasteiger partial charge in [0.25, 0.3) is 0 Å². The molecule has 0 bridgehead atoms. The molecule has 2 N–H and O–H groups in total. The van der Waals surface area contributed by atoms with Gasteiger partial charge in [-0.3, -0.25) is 5.32 Å². The minimum absolute atomic E-state index is 0.336. The summed E-state index contributed by atoms with van der Waals surface area (Å²) in [7, 11) is 0. The molecule has 4 nitrogen and oxygen atoms in total. The molecule has 2 rings (SSSR count). The largest absolute Gasteiger partial charge is 0.324 e. The Morgan fingerprint density at radius 2 is 1.90 bits per heavy atom. The van der Waals surface area contributed by atoms with Gasteiger partial charge in [-0.2, -0.15) is 5.26 Å². The summed E-state index contributed by atoms with van der Waals surface area (Å²) in [4.78, 5) is 13.0. The lowest BCUT2D eigenvalue weighted by molar-refractivity contribution is 0.262. The van der Waals surface area contributed by atoms with E-state index in [4.69, 9.17) is 5.26 Å². The van der Waals surface area contributed by atoms with Crippen molar-refractivity contribution in [2.45, 2.75) is 20.8 Å². The highest BCUT2D eigenvalue weighted by Gasteiger charge is 2.14. The standard InChI is InChI=1S/C15H15N3OS/c1-9-6-4-5-7-13(9)17-15(19)18-14-12(8-16)10(2)11(3)20-14/h4-7H,1-3H3,(H2,17,18,19). The number of carbonyl (C=O) groups excluding carboxylic acids is 1. The number of thiophene rings is 1. The van der Waals surface area contributed by atoms with Gasteiger partial charge in [0.05, 0.1) is 5.56 Å². The fourth-order valence-electron chi connectivity index (χ4n) is 1.82. The Kier molecular flexibility index (Phi) is 4.06. The quantitative estimate of drug-likeness (QED) is 0.869. The number of rotatable bonds is 2. The smallest absolute Gasteiger partial charge is 0.307 e. The van der Waals surface area contributed by atoms with Gasteiger partial charge >= 0.3 is 6.03 Å². The van der Waals surface area contributed by atoms with Crippen LogP contribution in [-0.4, -0.2) is 6.03 Å². The maximum absolute atomic E-state index is 12.0.